The Balaban J connectivity index is 0.00000106. The first-order valence-electron chi connectivity index (χ1n) is 6.95. The van der Waals surface area contributed by atoms with Gasteiger partial charge in [0, 0.05) is 11.1 Å². The van der Waals surface area contributed by atoms with Gasteiger partial charge in [0.25, 0.3) is 0 Å². The van der Waals surface area contributed by atoms with Gasteiger partial charge in [0.15, 0.2) is 11.6 Å². The Labute approximate surface area is 125 Å². The van der Waals surface area contributed by atoms with Crippen molar-refractivity contribution in [2.24, 2.45) is 0 Å². The largest absolute Gasteiger partial charge is 0.507 e. The Morgan fingerprint density at radius 2 is 1.48 bits per heavy atom. The van der Waals surface area contributed by atoms with Crippen molar-refractivity contribution in [2.45, 2.75) is 27.7 Å². The lowest BCUT2D eigenvalue weighted by molar-refractivity contribution is 0.0989. The van der Waals surface area contributed by atoms with E-state index in [1.807, 2.05) is 20.8 Å². The second-order valence-electron chi connectivity index (χ2n) is 4.45. The van der Waals surface area contributed by atoms with Gasteiger partial charge in [0.05, 0.1) is 5.56 Å². The van der Waals surface area contributed by atoms with Crippen LogP contribution in [0.4, 0.5) is 0 Å². The number of rotatable bonds is 3. The molecule has 0 atom stereocenters. The van der Waals surface area contributed by atoms with Gasteiger partial charge in [-0.15, -0.1) is 0 Å². The number of carbonyl (C=O) groups excluding carboxylic acids is 2. The van der Waals surface area contributed by atoms with Crippen LogP contribution in [-0.4, -0.2) is 16.7 Å². The summed E-state index contributed by atoms with van der Waals surface area (Å²) >= 11 is 0. The third-order valence-corrected chi connectivity index (χ3v) is 2.95. The van der Waals surface area contributed by atoms with E-state index in [1.54, 1.807) is 36.4 Å². The lowest BCUT2D eigenvalue weighted by Gasteiger charge is -2.08. The van der Waals surface area contributed by atoms with E-state index in [2.05, 4.69) is 0 Å². The van der Waals surface area contributed by atoms with E-state index in [4.69, 9.17) is 0 Å². The van der Waals surface area contributed by atoms with E-state index >= 15 is 0 Å². The molecule has 2 rings (SSSR count). The molecular formula is C18H20O3. The predicted octanol–water partition coefficient (Wildman–Crippen LogP) is 4.16. The lowest BCUT2D eigenvalue weighted by Crippen LogP contribution is -2.08. The molecule has 0 fully saturated rings. The maximum atomic E-state index is 12.4. The Morgan fingerprint density at radius 1 is 0.905 bits per heavy atom. The van der Waals surface area contributed by atoms with Crippen molar-refractivity contribution >= 4 is 11.6 Å². The zero-order valence-corrected chi connectivity index (χ0v) is 12.8. The van der Waals surface area contributed by atoms with Gasteiger partial charge in [-0.1, -0.05) is 44.2 Å². The highest BCUT2D eigenvalue weighted by atomic mass is 16.3. The maximum Gasteiger partial charge on any atom is 0.197 e. The van der Waals surface area contributed by atoms with E-state index in [0.29, 0.717) is 11.1 Å². The highest BCUT2D eigenvalue weighted by Crippen LogP contribution is 2.23. The van der Waals surface area contributed by atoms with Crippen molar-refractivity contribution in [1.82, 2.24) is 0 Å². The van der Waals surface area contributed by atoms with Gasteiger partial charge in [-0.05, 0) is 31.5 Å². The number of Topliss-reactive ketones (excluding diaryl/α,β-unsaturated/α-hetero) is 1. The first-order chi connectivity index (χ1) is 10.0. The van der Waals surface area contributed by atoms with Gasteiger partial charge < -0.3 is 5.11 Å². The number of carbonyl (C=O) groups is 2. The predicted molar refractivity (Wildman–Crippen MR) is 84.1 cm³/mol. The fraction of sp³-hybridized carbons (Fsp3) is 0.222. The third kappa shape index (κ3) is 3.78. The van der Waals surface area contributed by atoms with Crippen LogP contribution in [0, 0.1) is 6.92 Å². The molecule has 0 saturated carbocycles. The second-order valence-corrected chi connectivity index (χ2v) is 4.45. The van der Waals surface area contributed by atoms with Crippen LogP contribution in [0.1, 0.15) is 52.6 Å². The zero-order valence-electron chi connectivity index (χ0n) is 12.8. The molecule has 0 aliphatic rings. The van der Waals surface area contributed by atoms with Crippen molar-refractivity contribution < 1.29 is 14.7 Å². The van der Waals surface area contributed by atoms with Crippen molar-refractivity contribution in [3.63, 3.8) is 0 Å². The number of aryl methyl sites for hydroxylation is 1. The van der Waals surface area contributed by atoms with Gasteiger partial charge in [-0.2, -0.15) is 0 Å². The molecule has 3 heteroatoms. The Kier molecular flexibility index (Phi) is 5.85. The van der Waals surface area contributed by atoms with Crippen molar-refractivity contribution in [3.8, 4) is 5.75 Å². The third-order valence-electron chi connectivity index (χ3n) is 2.95. The molecule has 0 aliphatic carbocycles. The van der Waals surface area contributed by atoms with Crippen LogP contribution >= 0.6 is 0 Å². The summed E-state index contributed by atoms with van der Waals surface area (Å²) in [5.41, 5.74) is 1.76. The van der Waals surface area contributed by atoms with Crippen LogP contribution in [0.2, 0.25) is 0 Å². The summed E-state index contributed by atoms with van der Waals surface area (Å²) in [6, 6.07) is 11.5. The molecule has 3 nitrogen and oxygen atoms in total. The fourth-order valence-corrected chi connectivity index (χ4v) is 1.97. The van der Waals surface area contributed by atoms with Gasteiger partial charge in [-0.3, -0.25) is 9.59 Å². The van der Waals surface area contributed by atoms with Gasteiger partial charge in [0.1, 0.15) is 5.75 Å². The van der Waals surface area contributed by atoms with Crippen LogP contribution in [0.5, 0.6) is 5.75 Å². The number of aromatic hydroxyl groups is 1. The average Bonchev–Trinajstić information content (AvgIpc) is 2.48. The summed E-state index contributed by atoms with van der Waals surface area (Å²) in [5, 5.41) is 9.85. The smallest absolute Gasteiger partial charge is 0.197 e. The number of benzene rings is 2. The quantitative estimate of drug-likeness (QED) is 0.861. The molecule has 0 unspecified atom stereocenters. The summed E-state index contributed by atoms with van der Waals surface area (Å²) < 4.78 is 0. The molecule has 2 aromatic carbocycles. The summed E-state index contributed by atoms with van der Waals surface area (Å²) in [6.45, 7) is 7.25. The highest BCUT2D eigenvalue weighted by molar-refractivity contribution is 6.16. The molecule has 0 amide bonds. The van der Waals surface area contributed by atoms with E-state index < -0.39 is 0 Å². The lowest BCUT2D eigenvalue weighted by atomic mass is 9.95. The minimum absolute atomic E-state index is 0.0663. The molecule has 110 valence electrons. The molecule has 0 saturated heterocycles. The minimum Gasteiger partial charge on any atom is -0.507 e. The van der Waals surface area contributed by atoms with E-state index in [9.17, 15) is 14.7 Å². The Morgan fingerprint density at radius 3 is 2.00 bits per heavy atom. The molecule has 0 aliphatic heterocycles. The summed E-state index contributed by atoms with van der Waals surface area (Å²) in [5.74, 6) is -0.581. The number of phenols is 1. The Hall–Kier alpha value is -2.42. The first-order valence-corrected chi connectivity index (χ1v) is 6.95. The average molecular weight is 284 g/mol. The monoisotopic (exact) mass is 284 g/mol. The van der Waals surface area contributed by atoms with E-state index in [0.717, 1.165) is 5.56 Å². The van der Waals surface area contributed by atoms with Crippen LogP contribution in [-0.2, 0) is 0 Å². The topological polar surface area (TPSA) is 54.4 Å². The van der Waals surface area contributed by atoms with Crippen LogP contribution in [0.15, 0.2) is 42.5 Å². The standard InChI is InChI=1S/C16H14O3.C2H6/c1-10-7-8-14(15(18)9-10)16(19)13-6-4-3-5-12(13)11(2)17;1-2/h3-9,18H,1-2H3;1-2H3. The van der Waals surface area contributed by atoms with Gasteiger partial charge >= 0.3 is 0 Å². The highest BCUT2D eigenvalue weighted by Gasteiger charge is 2.18. The second kappa shape index (κ2) is 7.39. The van der Waals surface area contributed by atoms with Crippen LogP contribution in [0.3, 0.4) is 0 Å². The molecule has 0 spiro atoms. The number of phenolic OH excluding ortho intramolecular Hbond substituents is 1. The molecule has 0 radical (unpaired) electrons. The molecular weight excluding hydrogens is 264 g/mol. The van der Waals surface area contributed by atoms with Crippen molar-refractivity contribution in [1.29, 1.82) is 0 Å². The number of hydrogen-bond donors (Lipinski definition) is 1. The van der Waals surface area contributed by atoms with Crippen molar-refractivity contribution in [2.75, 3.05) is 0 Å². The summed E-state index contributed by atoms with van der Waals surface area (Å²) in [6.07, 6.45) is 0. The summed E-state index contributed by atoms with van der Waals surface area (Å²) in [7, 11) is 0. The molecule has 0 heterocycles. The zero-order chi connectivity index (χ0) is 16.0. The number of ketones is 2. The van der Waals surface area contributed by atoms with Gasteiger partial charge in [-0.25, -0.2) is 0 Å². The minimum atomic E-state index is -0.344. The first kappa shape index (κ1) is 16.6. The SMILES string of the molecule is CC.CC(=O)c1ccccc1C(=O)c1ccc(C)cc1O. The normalized spacial score (nSPS) is 9.52. The maximum absolute atomic E-state index is 12.4. The molecule has 0 aromatic heterocycles. The van der Waals surface area contributed by atoms with E-state index in [1.165, 1.54) is 13.0 Å². The fourth-order valence-electron chi connectivity index (χ4n) is 1.97. The van der Waals surface area contributed by atoms with Crippen molar-refractivity contribution in [3.05, 3.63) is 64.7 Å². The van der Waals surface area contributed by atoms with Crippen LogP contribution in [0.25, 0.3) is 0 Å². The van der Waals surface area contributed by atoms with Crippen LogP contribution < -0.4 is 0 Å². The molecule has 21 heavy (non-hydrogen) atoms. The molecule has 2 aromatic rings. The summed E-state index contributed by atoms with van der Waals surface area (Å²) in [4.78, 5) is 23.9. The molecule has 1 N–H and O–H groups in total. The molecule has 0 bridgehead atoms. The van der Waals surface area contributed by atoms with Gasteiger partial charge in [0.2, 0.25) is 0 Å². The number of hydrogen-bond acceptors (Lipinski definition) is 3. The van der Waals surface area contributed by atoms with E-state index in [-0.39, 0.29) is 22.9 Å². The Bertz CT molecular complexity index is 657.